The number of esters is 1. The van der Waals surface area contributed by atoms with Gasteiger partial charge in [0.05, 0.1) is 6.10 Å². The molecule has 106 valence electrons. The van der Waals surface area contributed by atoms with Crippen LogP contribution in [0.5, 0.6) is 0 Å². The predicted octanol–water partition coefficient (Wildman–Crippen LogP) is 1.98. The van der Waals surface area contributed by atoms with Gasteiger partial charge in [0.2, 0.25) is 0 Å². The molecule has 0 spiro atoms. The van der Waals surface area contributed by atoms with Crippen molar-refractivity contribution in [3.8, 4) is 0 Å². The molecule has 4 nitrogen and oxygen atoms in total. The van der Waals surface area contributed by atoms with Crippen LogP contribution in [0.15, 0.2) is 12.2 Å². The Morgan fingerprint density at radius 1 is 1.37 bits per heavy atom. The van der Waals surface area contributed by atoms with Crippen LogP contribution in [0.3, 0.4) is 0 Å². The molecule has 2 aliphatic carbocycles. The lowest BCUT2D eigenvalue weighted by Crippen LogP contribution is -2.41. The van der Waals surface area contributed by atoms with Gasteiger partial charge < -0.3 is 14.3 Å². The fourth-order valence-corrected chi connectivity index (χ4v) is 3.99. The first-order valence-corrected chi connectivity index (χ1v) is 6.69. The van der Waals surface area contributed by atoms with Gasteiger partial charge in [-0.25, -0.2) is 4.79 Å². The molecule has 19 heavy (non-hydrogen) atoms. The first kappa shape index (κ1) is 14.3. The van der Waals surface area contributed by atoms with Gasteiger partial charge in [-0.15, -0.1) is 0 Å². The predicted molar refractivity (Wildman–Crippen MR) is 70.4 cm³/mol. The van der Waals surface area contributed by atoms with E-state index in [-0.39, 0.29) is 41.3 Å². The highest BCUT2D eigenvalue weighted by molar-refractivity contribution is 5.87. The second-order valence-electron chi connectivity index (χ2n) is 6.34. The lowest BCUT2D eigenvalue weighted by molar-refractivity contribution is -0.157. The van der Waals surface area contributed by atoms with Crippen LogP contribution in [0.4, 0.5) is 0 Å². The minimum absolute atomic E-state index is 0.00438. The number of carbonyl (C=O) groups excluding carboxylic acids is 2. The summed E-state index contributed by atoms with van der Waals surface area (Å²) in [5, 5.41) is 0. The smallest absolute Gasteiger partial charge is 0.333 e. The van der Waals surface area contributed by atoms with Crippen molar-refractivity contribution >= 4 is 12.3 Å². The highest BCUT2D eigenvalue weighted by atomic mass is 16.6. The average molecular weight is 266 g/mol. The molecule has 5 unspecified atom stereocenters. The van der Waals surface area contributed by atoms with Gasteiger partial charge in [0.15, 0.2) is 0 Å². The fourth-order valence-electron chi connectivity index (χ4n) is 3.99. The summed E-state index contributed by atoms with van der Waals surface area (Å²) >= 11 is 0. The third kappa shape index (κ3) is 2.02. The number of hydrogen-bond donors (Lipinski definition) is 0. The molecule has 4 heteroatoms. The summed E-state index contributed by atoms with van der Waals surface area (Å²) in [4.78, 5) is 23.0. The second kappa shape index (κ2) is 4.75. The second-order valence-corrected chi connectivity index (χ2v) is 6.34. The standard InChI is InChI=1S/C15H22O4/c1-8(2)14(17)19-12-10-6-9(7-16)11(13(12)18-5)15(10,3)4/h7,9-13H,1,6H2,2-5H3. The zero-order valence-electron chi connectivity index (χ0n) is 12.0. The van der Waals surface area contributed by atoms with Crippen LogP contribution < -0.4 is 0 Å². The van der Waals surface area contributed by atoms with E-state index < -0.39 is 0 Å². The van der Waals surface area contributed by atoms with E-state index in [0.717, 1.165) is 12.7 Å². The molecule has 0 aromatic heterocycles. The summed E-state index contributed by atoms with van der Waals surface area (Å²) in [6, 6.07) is 0. The molecule has 5 atom stereocenters. The minimum atomic E-state index is -0.377. The fraction of sp³-hybridized carbons (Fsp3) is 0.733. The number of hydrogen-bond acceptors (Lipinski definition) is 4. The average Bonchev–Trinajstić information content (AvgIpc) is 2.72. The van der Waals surface area contributed by atoms with Crippen molar-refractivity contribution in [3.63, 3.8) is 0 Å². The van der Waals surface area contributed by atoms with Gasteiger partial charge in [-0.3, -0.25) is 0 Å². The normalized spacial score (nSPS) is 39.1. The van der Waals surface area contributed by atoms with E-state index in [9.17, 15) is 9.59 Å². The highest BCUT2D eigenvalue weighted by Gasteiger charge is 2.65. The third-order valence-electron chi connectivity index (χ3n) is 4.92. The van der Waals surface area contributed by atoms with E-state index in [4.69, 9.17) is 9.47 Å². The Kier molecular flexibility index (Phi) is 3.56. The van der Waals surface area contributed by atoms with Crippen molar-refractivity contribution in [2.45, 2.75) is 39.4 Å². The maximum Gasteiger partial charge on any atom is 0.333 e. The Morgan fingerprint density at radius 2 is 2.00 bits per heavy atom. The van der Waals surface area contributed by atoms with E-state index in [2.05, 4.69) is 20.4 Å². The summed E-state index contributed by atoms with van der Waals surface area (Å²) < 4.78 is 11.1. The van der Waals surface area contributed by atoms with Crippen LogP contribution in [-0.2, 0) is 19.1 Å². The van der Waals surface area contributed by atoms with Crippen LogP contribution in [-0.4, -0.2) is 31.6 Å². The Hall–Kier alpha value is -1.16. The highest BCUT2D eigenvalue weighted by Crippen LogP contribution is 2.61. The van der Waals surface area contributed by atoms with E-state index in [0.29, 0.717) is 5.57 Å². The lowest BCUT2D eigenvalue weighted by Gasteiger charge is -2.32. The molecule has 0 amide bonds. The van der Waals surface area contributed by atoms with Crippen LogP contribution in [0.2, 0.25) is 0 Å². The molecule has 0 heterocycles. The maximum atomic E-state index is 11.8. The van der Waals surface area contributed by atoms with Crippen LogP contribution in [0.25, 0.3) is 0 Å². The third-order valence-corrected chi connectivity index (χ3v) is 4.92. The van der Waals surface area contributed by atoms with Gasteiger partial charge in [0.25, 0.3) is 0 Å². The quantitative estimate of drug-likeness (QED) is 0.443. The summed E-state index contributed by atoms with van der Waals surface area (Å²) in [6.45, 7) is 9.50. The van der Waals surface area contributed by atoms with E-state index in [1.165, 1.54) is 0 Å². The van der Waals surface area contributed by atoms with Crippen molar-refractivity contribution in [1.29, 1.82) is 0 Å². The molecular formula is C15H22O4. The van der Waals surface area contributed by atoms with Crippen LogP contribution in [0.1, 0.15) is 27.2 Å². The molecule has 2 bridgehead atoms. The molecule has 0 saturated heterocycles. The largest absolute Gasteiger partial charge is 0.456 e. The summed E-state index contributed by atoms with van der Waals surface area (Å²) in [7, 11) is 1.62. The summed E-state index contributed by atoms with van der Waals surface area (Å²) in [6.07, 6.45) is 1.32. The first-order valence-electron chi connectivity index (χ1n) is 6.69. The van der Waals surface area contributed by atoms with E-state index in [1.54, 1.807) is 14.0 Å². The lowest BCUT2D eigenvalue weighted by atomic mass is 9.79. The zero-order valence-corrected chi connectivity index (χ0v) is 12.0. The molecular weight excluding hydrogens is 244 g/mol. The zero-order chi connectivity index (χ0) is 14.4. The van der Waals surface area contributed by atoms with Gasteiger partial charge >= 0.3 is 5.97 Å². The molecule has 0 N–H and O–H groups in total. The number of aldehydes is 1. The number of ether oxygens (including phenoxy) is 2. The Bertz CT molecular complexity index is 412. The molecule has 0 aromatic rings. The Labute approximate surface area is 114 Å². The van der Waals surface area contributed by atoms with Crippen molar-refractivity contribution < 1.29 is 19.1 Å². The van der Waals surface area contributed by atoms with Gasteiger partial charge in [0.1, 0.15) is 12.4 Å². The molecule has 2 rings (SSSR count). The van der Waals surface area contributed by atoms with Gasteiger partial charge in [-0.05, 0) is 18.8 Å². The molecule has 2 aliphatic rings. The van der Waals surface area contributed by atoms with Crippen molar-refractivity contribution in [2.24, 2.45) is 23.2 Å². The van der Waals surface area contributed by atoms with Crippen molar-refractivity contribution in [1.82, 2.24) is 0 Å². The maximum absolute atomic E-state index is 11.8. The van der Waals surface area contributed by atoms with Gasteiger partial charge in [-0.1, -0.05) is 20.4 Å². The SMILES string of the molecule is C=C(C)C(=O)OC1C(OC)C2C(C=O)CC1C2(C)C. The van der Waals surface area contributed by atoms with Crippen LogP contribution >= 0.6 is 0 Å². The summed E-state index contributed by atoms with van der Waals surface area (Å²) in [5.41, 5.74) is 0.342. The Morgan fingerprint density at radius 3 is 2.47 bits per heavy atom. The topological polar surface area (TPSA) is 52.6 Å². The molecule has 2 fully saturated rings. The van der Waals surface area contributed by atoms with E-state index >= 15 is 0 Å². The number of carbonyl (C=O) groups is 2. The molecule has 0 aromatic carbocycles. The molecule has 0 radical (unpaired) electrons. The Balaban J connectivity index is 2.25. The minimum Gasteiger partial charge on any atom is -0.456 e. The molecule has 2 saturated carbocycles. The summed E-state index contributed by atoms with van der Waals surface area (Å²) in [5.74, 6) is -0.0911. The number of rotatable bonds is 4. The monoisotopic (exact) mass is 266 g/mol. The number of fused-ring (bicyclic) bond motifs is 2. The number of methoxy groups -OCH3 is 1. The van der Waals surface area contributed by atoms with Crippen molar-refractivity contribution in [3.05, 3.63) is 12.2 Å². The van der Waals surface area contributed by atoms with Gasteiger partial charge in [0, 0.05) is 30.4 Å². The van der Waals surface area contributed by atoms with Gasteiger partial charge in [-0.2, -0.15) is 0 Å². The first-order chi connectivity index (χ1) is 8.84. The van der Waals surface area contributed by atoms with E-state index in [1.807, 2.05) is 0 Å². The van der Waals surface area contributed by atoms with Crippen molar-refractivity contribution in [2.75, 3.05) is 7.11 Å². The van der Waals surface area contributed by atoms with Crippen LogP contribution in [0, 0.1) is 23.2 Å². The molecule has 0 aliphatic heterocycles.